The van der Waals surface area contributed by atoms with E-state index < -0.39 is 0 Å². The van der Waals surface area contributed by atoms with E-state index in [9.17, 15) is 4.79 Å². The molecule has 2 aromatic heterocycles. The monoisotopic (exact) mass is 391 g/mol. The Morgan fingerprint density at radius 1 is 1.21 bits per heavy atom. The van der Waals surface area contributed by atoms with Crippen LogP contribution in [0.2, 0.25) is 0 Å². The van der Waals surface area contributed by atoms with Crippen molar-refractivity contribution in [3.8, 4) is 16.5 Å². The van der Waals surface area contributed by atoms with Crippen LogP contribution >= 0.6 is 11.3 Å². The molecule has 0 aliphatic rings. The van der Waals surface area contributed by atoms with Crippen LogP contribution in [0.5, 0.6) is 5.75 Å². The van der Waals surface area contributed by atoms with Gasteiger partial charge in [-0.15, -0.1) is 11.3 Å². The Labute approximate surface area is 165 Å². The molecule has 0 bridgehead atoms. The van der Waals surface area contributed by atoms with Gasteiger partial charge in [-0.2, -0.15) is 5.10 Å². The second-order valence-electron chi connectivity index (χ2n) is 6.09. The van der Waals surface area contributed by atoms with Gasteiger partial charge in [0, 0.05) is 0 Å². The van der Waals surface area contributed by atoms with Crippen LogP contribution in [-0.4, -0.2) is 23.7 Å². The van der Waals surface area contributed by atoms with Gasteiger partial charge < -0.3 is 9.15 Å². The lowest BCUT2D eigenvalue weighted by Gasteiger charge is -2.05. The first-order valence-corrected chi connectivity index (χ1v) is 9.46. The van der Waals surface area contributed by atoms with Gasteiger partial charge in [-0.25, -0.2) is 10.4 Å². The highest BCUT2D eigenvalue weighted by Gasteiger charge is 2.09. The summed E-state index contributed by atoms with van der Waals surface area (Å²) in [5, 5.41) is 4.71. The number of ether oxygens (including phenoxy) is 1. The van der Waals surface area contributed by atoms with E-state index in [1.165, 1.54) is 6.21 Å². The molecule has 7 heteroatoms. The van der Waals surface area contributed by atoms with Crippen LogP contribution < -0.4 is 10.2 Å². The number of furan rings is 1. The highest BCUT2D eigenvalue weighted by atomic mass is 32.1. The molecule has 28 heavy (non-hydrogen) atoms. The first-order valence-electron chi connectivity index (χ1n) is 8.64. The van der Waals surface area contributed by atoms with E-state index in [2.05, 4.69) is 15.5 Å². The van der Waals surface area contributed by atoms with E-state index in [1.54, 1.807) is 23.5 Å². The fourth-order valence-electron chi connectivity index (χ4n) is 2.57. The van der Waals surface area contributed by atoms with Crippen LogP contribution in [0.3, 0.4) is 0 Å². The van der Waals surface area contributed by atoms with Crippen LogP contribution in [0.4, 0.5) is 0 Å². The molecule has 2 aromatic carbocycles. The molecule has 1 amide bonds. The number of para-hydroxylation sites is 1. The van der Waals surface area contributed by atoms with Crippen LogP contribution in [-0.2, 0) is 4.79 Å². The van der Waals surface area contributed by atoms with Crippen molar-refractivity contribution in [1.29, 1.82) is 0 Å². The molecule has 140 valence electrons. The Morgan fingerprint density at radius 3 is 2.96 bits per heavy atom. The number of benzene rings is 2. The number of carbonyl (C=O) groups excluding carboxylic acids is 1. The third-order valence-electron chi connectivity index (χ3n) is 3.87. The van der Waals surface area contributed by atoms with Crippen LogP contribution in [0.15, 0.2) is 70.2 Å². The van der Waals surface area contributed by atoms with Crippen LogP contribution in [0, 0.1) is 6.92 Å². The van der Waals surface area contributed by atoms with Gasteiger partial charge in [0.15, 0.2) is 17.4 Å². The zero-order valence-electron chi connectivity index (χ0n) is 15.1. The molecule has 0 radical (unpaired) electrons. The van der Waals surface area contributed by atoms with E-state index in [0.29, 0.717) is 17.3 Å². The number of amides is 1. The molecule has 0 spiro atoms. The minimum Gasteiger partial charge on any atom is -0.484 e. The second-order valence-corrected chi connectivity index (χ2v) is 7.12. The molecule has 0 fully saturated rings. The van der Waals surface area contributed by atoms with Crippen molar-refractivity contribution in [3.63, 3.8) is 0 Å². The molecule has 1 N–H and O–H groups in total. The first kappa shape index (κ1) is 17.9. The molecule has 0 aliphatic heterocycles. The SMILES string of the molecule is Cc1cccc(OCC(=O)N/N=C\c2ccc(-c3nc4ccccc4s3)o2)c1. The summed E-state index contributed by atoms with van der Waals surface area (Å²) in [5.41, 5.74) is 4.43. The Hall–Kier alpha value is -3.45. The normalized spacial score (nSPS) is 11.2. The van der Waals surface area contributed by atoms with Crippen LogP contribution in [0.25, 0.3) is 21.0 Å². The Balaban J connectivity index is 1.33. The van der Waals surface area contributed by atoms with E-state index in [-0.39, 0.29) is 12.5 Å². The summed E-state index contributed by atoms with van der Waals surface area (Å²) < 4.78 is 12.3. The summed E-state index contributed by atoms with van der Waals surface area (Å²) in [4.78, 5) is 16.4. The van der Waals surface area contributed by atoms with E-state index in [0.717, 1.165) is 20.8 Å². The highest BCUT2D eigenvalue weighted by Crippen LogP contribution is 2.30. The maximum absolute atomic E-state index is 11.8. The van der Waals surface area contributed by atoms with E-state index >= 15 is 0 Å². The maximum atomic E-state index is 11.8. The summed E-state index contributed by atoms with van der Waals surface area (Å²) in [5.74, 6) is 1.48. The first-order chi connectivity index (χ1) is 13.7. The average Bonchev–Trinajstić information content (AvgIpc) is 3.33. The van der Waals surface area contributed by atoms with Crippen LogP contribution in [0.1, 0.15) is 11.3 Å². The van der Waals surface area contributed by atoms with Gasteiger partial charge in [-0.1, -0.05) is 24.3 Å². The number of thiazole rings is 1. The topological polar surface area (TPSA) is 76.7 Å². The van der Waals surface area contributed by atoms with Crippen molar-refractivity contribution < 1.29 is 13.9 Å². The smallest absolute Gasteiger partial charge is 0.277 e. The number of hydrogen-bond donors (Lipinski definition) is 1. The number of aromatic nitrogens is 1. The van der Waals surface area contributed by atoms with Gasteiger partial charge in [0.25, 0.3) is 5.91 Å². The van der Waals surface area contributed by atoms with E-state index in [4.69, 9.17) is 9.15 Å². The molecule has 0 atom stereocenters. The lowest BCUT2D eigenvalue weighted by molar-refractivity contribution is -0.123. The molecule has 0 saturated heterocycles. The summed E-state index contributed by atoms with van der Waals surface area (Å²) in [6.45, 7) is 1.85. The van der Waals surface area contributed by atoms with Gasteiger partial charge >= 0.3 is 0 Å². The third-order valence-corrected chi connectivity index (χ3v) is 4.92. The number of hydrogen-bond acceptors (Lipinski definition) is 6. The Bertz CT molecular complexity index is 1110. The molecule has 2 heterocycles. The number of rotatable bonds is 6. The number of fused-ring (bicyclic) bond motifs is 1. The predicted octanol–water partition coefficient (Wildman–Crippen LogP) is 4.39. The van der Waals surface area contributed by atoms with Crippen molar-refractivity contribution in [2.24, 2.45) is 5.10 Å². The third kappa shape index (κ3) is 4.27. The Kier molecular flexibility index (Phi) is 5.16. The zero-order chi connectivity index (χ0) is 19.3. The highest BCUT2D eigenvalue weighted by molar-refractivity contribution is 7.21. The van der Waals surface area contributed by atoms with Crippen molar-refractivity contribution in [2.75, 3.05) is 6.61 Å². The summed E-state index contributed by atoms with van der Waals surface area (Å²) in [6.07, 6.45) is 1.45. The lowest BCUT2D eigenvalue weighted by atomic mass is 10.2. The average molecular weight is 391 g/mol. The molecule has 0 unspecified atom stereocenters. The van der Waals surface area contributed by atoms with E-state index in [1.807, 2.05) is 55.5 Å². The number of aryl methyl sites for hydroxylation is 1. The largest absolute Gasteiger partial charge is 0.484 e. The van der Waals surface area contributed by atoms with Gasteiger partial charge in [0.05, 0.1) is 16.4 Å². The fourth-order valence-corrected chi connectivity index (χ4v) is 3.50. The van der Waals surface area contributed by atoms with Gasteiger partial charge in [0.1, 0.15) is 11.5 Å². The summed E-state index contributed by atoms with van der Waals surface area (Å²) in [6, 6.07) is 19.0. The molecule has 0 aliphatic carbocycles. The van der Waals surface area contributed by atoms with Gasteiger partial charge in [-0.05, 0) is 48.9 Å². The molecule has 0 saturated carbocycles. The van der Waals surface area contributed by atoms with Crippen molar-refractivity contribution in [3.05, 3.63) is 72.0 Å². The number of hydrazone groups is 1. The molecule has 6 nitrogen and oxygen atoms in total. The zero-order valence-corrected chi connectivity index (χ0v) is 15.9. The van der Waals surface area contributed by atoms with Gasteiger partial charge in [-0.3, -0.25) is 4.79 Å². The van der Waals surface area contributed by atoms with Crippen molar-refractivity contribution in [2.45, 2.75) is 6.92 Å². The Morgan fingerprint density at radius 2 is 2.11 bits per heavy atom. The molecular weight excluding hydrogens is 374 g/mol. The van der Waals surface area contributed by atoms with Crippen molar-refractivity contribution >= 4 is 33.7 Å². The van der Waals surface area contributed by atoms with Crippen molar-refractivity contribution in [1.82, 2.24) is 10.4 Å². The lowest BCUT2D eigenvalue weighted by Crippen LogP contribution is -2.24. The minimum atomic E-state index is -0.351. The number of nitrogens with zero attached hydrogens (tertiary/aromatic N) is 2. The standard InChI is InChI=1S/C21H17N3O3S/c1-14-5-4-6-15(11-14)26-13-20(25)24-22-12-16-9-10-18(27-16)21-23-17-7-2-3-8-19(17)28-21/h2-12H,13H2,1H3,(H,24,25)/b22-12-. The maximum Gasteiger partial charge on any atom is 0.277 e. The summed E-state index contributed by atoms with van der Waals surface area (Å²) >= 11 is 1.56. The second kappa shape index (κ2) is 8.06. The quantitative estimate of drug-likeness (QED) is 0.391. The molecule has 4 aromatic rings. The molecular formula is C21H17N3O3S. The number of nitrogens with one attached hydrogen (secondary N) is 1. The summed E-state index contributed by atoms with van der Waals surface area (Å²) in [7, 11) is 0. The molecule has 4 rings (SSSR count). The predicted molar refractivity (Wildman–Crippen MR) is 110 cm³/mol. The number of carbonyl (C=O) groups is 1. The van der Waals surface area contributed by atoms with Gasteiger partial charge in [0.2, 0.25) is 0 Å². The fraction of sp³-hybridized carbons (Fsp3) is 0.0952. The minimum absolute atomic E-state index is 0.115.